The zero-order valence-electron chi connectivity index (χ0n) is 11.6. The molecule has 0 unspecified atom stereocenters. The van der Waals surface area contributed by atoms with E-state index in [1.54, 1.807) is 0 Å². The molecule has 0 aliphatic rings. The lowest BCUT2D eigenvalue weighted by Crippen LogP contribution is -2.27. The van der Waals surface area contributed by atoms with Gasteiger partial charge in [0, 0.05) is 19.2 Å². The SMILES string of the molecule is COCCNC(=O)c1ccc(Cl)c(NC(=O)CC(F)(F)F)c1. The molecule has 5 nitrogen and oxygen atoms in total. The fourth-order valence-electron chi connectivity index (χ4n) is 1.51. The molecule has 1 rings (SSSR count). The van der Waals surface area contributed by atoms with Gasteiger partial charge in [-0.3, -0.25) is 9.59 Å². The lowest BCUT2D eigenvalue weighted by molar-refractivity contribution is -0.150. The van der Waals surface area contributed by atoms with Gasteiger partial charge in [-0.15, -0.1) is 0 Å². The minimum Gasteiger partial charge on any atom is -0.383 e. The van der Waals surface area contributed by atoms with Gasteiger partial charge in [-0.2, -0.15) is 13.2 Å². The third kappa shape index (κ3) is 6.31. The molecule has 0 atom stereocenters. The number of amides is 2. The van der Waals surface area contributed by atoms with Crippen LogP contribution in [0.2, 0.25) is 5.02 Å². The second-order valence-corrected chi connectivity index (χ2v) is 4.69. The van der Waals surface area contributed by atoms with Crippen LogP contribution >= 0.6 is 11.6 Å². The van der Waals surface area contributed by atoms with Crippen LogP contribution in [0.1, 0.15) is 16.8 Å². The minimum atomic E-state index is -4.62. The third-order valence-electron chi connectivity index (χ3n) is 2.46. The number of hydrogen-bond acceptors (Lipinski definition) is 3. The quantitative estimate of drug-likeness (QED) is 0.783. The first kappa shape index (κ1) is 18.2. The molecule has 2 amide bonds. The van der Waals surface area contributed by atoms with Gasteiger partial charge in [-0.05, 0) is 18.2 Å². The number of nitrogens with one attached hydrogen (secondary N) is 2. The van der Waals surface area contributed by atoms with E-state index in [4.69, 9.17) is 16.3 Å². The molecule has 0 saturated heterocycles. The zero-order chi connectivity index (χ0) is 16.8. The lowest BCUT2D eigenvalue weighted by Gasteiger charge is -2.11. The monoisotopic (exact) mass is 338 g/mol. The van der Waals surface area contributed by atoms with Gasteiger partial charge in [0.15, 0.2) is 0 Å². The number of hydrogen-bond donors (Lipinski definition) is 2. The highest BCUT2D eigenvalue weighted by Gasteiger charge is 2.31. The molecule has 0 radical (unpaired) electrons. The summed E-state index contributed by atoms with van der Waals surface area (Å²) >= 11 is 5.80. The number of anilines is 1. The summed E-state index contributed by atoms with van der Waals surface area (Å²) in [4.78, 5) is 23.1. The minimum absolute atomic E-state index is 0.0315. The van der Waals surface area contributed by atoms with Crippen molar-refractivity contribution in [2.45, 2.75) is 12.6 Å². The van der Waals surface area contributed by atoms with Crippen LogP contribution in [0.3, 0.4) is 0 Å². The number of carbonyl (C=O) groups is 2. The van der Waals surface area contributed by atoms with E-state index in [0.717, 1.165) is 0 Å². The fraction of sp³-hybridized carbons (Fsp3) is 0.385. The molecule has 0 spiro atoms. The van der Waals surface area contributed by atoms with Gasteiger partial charge in [0.05, 0.1) is 17.3 Å². The van der Waals surface area contributed by atoms with E-state index >= 15 is 0 Å². The Morgan fingerprint density at radius 1 is 1.32 bits per heavy atom. The van der Waals surface area contributed by atoms with Crippen molar-refractivity contribution in [2.24, 2.45) is 0 Å². The van der Waals surface area contributed by atoms with E-state index in [1.807, 2.05) is 5.32 Å². The standard InChI is InChI=1S/C13H14ClF3N2O3/c1-22-5-4-18-12(21)8-2-3-9(14)10(6-8)19-11(20)7-13(15,16)17/h2-3,6H,4-5,7H2,1H3,(H,18,21)(H,19,20). The molecule has 2 N–H and O–H groups in total. The number of ether oxygens (including phenoxy) is 1. The first-order valence-corrected chi connectivity index (χ1v) is 6.54. The van der Waals surface area contributed by atoms with Crippen molar-refractivity contribution in [3.05, 3.63) is 28.8 Å². The highest BCUT2D eigenvalue weighted by molar-refractivity contribution is 6.33. The summed E-state index contributed by atoms with van der Waals surface area (Å²) in [5.74, 6) is -1.72. The molecule has 0 bridgehead atoms. The molecule has 122 valence electrons. The molecule has 0 fully saturated rings. The normalized spacial score (nSPS) is 11.1. The first-order chi connectivity index (χ1) is 10.2. The van der Waals surface area contributed by atoms with Crippen LogP contribution < -0.4 is 10.6 Å². The van der Waals surface area contributed by atoms with Crippen LogP contribution in [-0.4, -0.2) is 38.3 Å². The summed E-state index contributed by atoms with van der Waals surface area (Å²) in [6.07, 6.45) is -6.25. The number of halogens is 4. The van der Waals surface area contributed by atoms with Gasteiger partial charge in [0.1, 0.15) is 6.42 Å². The molecule has 0 heterocycles. The molecule has 0 saturated carbocycles. The number of carbonyl (C=O) groups excluding carboxylic acids is 2. The first-order valence-electron chi connectivity index (χ1n) is 6.16. The van der Waals surface area contributed by atoms with E-state index in [-0.39, 0.29) is 22.8 Å². The maximum absolute atomic E-state index is 12.1. The predicted molar refractivity (Wildman–Crippen MR) is 75.0 cm³/mol. The van der Waals surface area contributed by atoms with Crippen molar-refractivity contribution < 1.29 is 27.5 Å². The average molecular weight is 339 g/mol. The third-order valence-corrected chi connectivity index (χ3v) is 2.78. The van der Waals surface area contributed by atoms with Gasteiger partial charge in [0.25, 0.3) is 5.91 Å². The smallest absolute Gasteiger partial charge is 0.383 e. The van der Waals surface area contributed by atoms with E-state index in [1.165, 1.54) is 25.3 Å². The largest absolute Gasteiger partial charge is 0.397 e. The van der Waals surface area contributed by atoms with Crippen molar-refractivity contribution >= 4 is 29.1 Å². The number of alkyl halides is 3. The molecule has 1 aromatic carbocycles. The molecular formula is C13H14ClF3N2O3. The average Bonchev–Trinajstić information content (AvgIpc) is 2.39. The Bertz CT molecular complexity index is 550. The van der Waals surface area contributed by atoms with Crippen molar-refractivity contribution in [2.75, 3.05) is 25.6 Å². The molecule has 0 aliphatic heterocycles. The predicted octanol–water partition coefficient (Wildman–Crippen LogP) is 2.61. The van der Waals surface area contributed by atoms with Crippen molar-refractivity contribution in [3.63, 3.8) is 0 Å². The van der Waals surface area contributed by atoms with Crippen LogP contribution in [0.5, 0.6) is 0 Å². The summed E-state index contributed by atoms with van der Waals surface area (Å²) in [6.45, 7) is 0.586. The Balaban J connectivity index is 2.77. The van der Waals surface area contributed by atoms with Crippen molar-refractivity contribution in [1.82, 2.24) is 5.32 Å². The second-order valence-electron chi connectivity index (χ2n) is 4.28. The highest BCUT2D eigenvalue weighted by Crippen LogP contribution is 2.25. The van der Waals surface area contributed by atoms with Crippen molar-refractivity contribution in [3.8, 4) is 0 Å². The topological polar surface area (TPSA) is 67.4 Å². The summed E-state index contributed by atoms with van der Waals surface area (Å²) in [5.41, 5.74) is 0.0955. The van der Waals surface area contributed by atoms with Crippen LogP contribution in [0, 0.1) is 0 Å². The Morgan fingerprint density at radius 3 is 2.59 bits per heavy atom. The molecule has 22 heavy (non-hydrogen) atoms. The Morgan fingerprint density at radius 2 is 2.00 bits per heavy atom. The van der Waals surface area contributed by atoms with Gasteiger partial charge in [0.2, 0.25) is 5.91 Å². The molecule has 1 aromatic rings. The number of benzene rings is 1. The summed E-state index contributed by atoms with van der Waals surface area (Å²) in [5, 5.41) is 4.60. The van der Waals surface area contributed by atoms with Gasteiger partial charge in [-0.1, -0.05) is 11.6 Å². The number of methoxy groups -OCH3 is 1. The maximum Gasteiger partial charge on any atom is 0.397 e. The van der Waals surface area contributed by atoms with Gasteiger partial charge < -0.3 is 15.4 Å². The van der Waals surface area contributed by atoms with Crippen LogP contribution in [0.15, 0.2) is 18.2 Å². The lowest BCUT2D eigenvalue weighted by atomic mass is 10.2. The molecular weight excluding hydrogens is 325 g/mol. The van der Waals surface area contributed by atoms with E-state index in [0.29, 0.717) is 6.61 Å². The van der Waals surface area contributed by atoms with Crippen molar-refractivity contribution in [1.29, 1.82) is 0 Å². The summed E-state index contributed by atoms with van der Waals surface area (Å²) in [7, 11) is 1.47. The van der Waals surface area contributed by atoms with Gasteiger partial charge in [-0.25, -0.2) is 0 Å². The second kappa shape index (κ2) is 8.00. The maximum atomic E-state index is 12.1. The summed E-state index contributed by atoms with van der Waals surface area (Å²) in [6, 6.07) is 3.92. The van der Waals surface area contributed by atoms with Crippen LogP contribution in [-0.2, 0) is 9.53 Å². The van der Waals surface area contributed by atoms with Crippen LogP contribution in [0.25, 0.3) is 0 Å². The fourth-order valence-corrected chi connectivity index (χ4v) is 1.67. The molecule has 0 aromatic heterocycles. The zero-order valence-corrected chi connectivity index (χ0v) is 12.3. The van der Waals surface area contributed by atoms with E-state index in [2.05, 4.69) is 5.32 Å². The Hall–Kier alpha value is -1.80. The van der Waals surface area contributed by atoms with E-state index < -0.39 is 24.4 Å². The Labute approximate surface area is 129 Å². The van der Waals surface area contributed by atoms with Gasteiger partial charge >= 0.3 is 6.18 Å². The number of rotatable bonds is 6. The summed E-state index contributed by atoms with van der Waals surface area (Å²) < 4.78 is 41.1. The Kier molecular flexibility index (Phi) is 6.63. The molecule has 9 heteroatoms. The highest BCUT2D eigenvalue weighted by atomic mass is 35.5. The van der Waals surface area contributed by atoms with E-state index in [9.17, 15) is 22.8 Å². The molecule has 0 aliphatic carbocycles. The van der Waals surface area contributed by atoms with Crippen LogP contribution in [0.4, 0.5) is 18.9 Å².